The second-order valence-corrected chi connectivity index (χ2v) is 13.6. The zero-order chi connectivity index (χ0) is 34.2. The summed E-state index contributed by atoms with van der Waals surface area (Å²) in [7, 11) is 0. The van der Waals surface area contributed by atoms with E-state index in [1.165, 1.54) is 65.6 Å². The number of fused-ring (bicyclic) bond motifs is 8. The average Bonchev–Trinajstić information content (AvgIpc) is 3.76. The molecule has 2 heteroatoms. The van der Waals surface area contributed by atoms with E-state index in [1.54, 1.807) is 0 Å². The van der Waals surface area contributed by atoms with Gasteiger partial charge in [-0.3, -0.25) is 0 Å². The van der Waals surface area contributed by atoms with Gasteiger partial charge >= 0.3 is 0 Å². The van der Waals surface area contributed by atoms with Gasteiger partial charge in [-0.2, -0.15) is 0 Å². The summed E-state index contributed by atoms with van der Waals surface area (Å²) >= 11 is 0. The summed E-state index contributed by atoms with van der Waals surface area (Å²) < 4.78 is 8.97. The van der Waals surface area contributed by atoms with E-state index < -0.39 is 0 Å². The number of para-hydroxylation sites is 3. The molecule has 0 aliphatic carbocycles. The van der Waals surface area contributed by atoms with E-state index in [-0.39, 0.29) is 0 Å². The average molecular weight is 662 g/mol. The van der Waals surface area contributed by atoms with Gasteiger partial charge in [-0.1, -0.05) is 158 Å². The van der Waals surface area contributed by atoms with Crippen LogP contribution in [0.5, 0.6) is 0 Å². The largest absolute Gasteiger partial charge is 0.455 e. The SMILES string of the molecule is c1ccc(-c2c3ccccc3c(-c3ccccc3)c3c(-n4c5ccccc5c5cc(-c6cccc7c6oc6ccccc67)ccc54)cccc23)cc1. The lowest BCUT2D eigenvalue weighted by molar-refractivity contribution is 0.670. The lowest BCUT2D eigenvalue weighted by Gasteiger charge is -2.21. The van der Waals surface area contributed by atoms with Crippen molar-refractivity contribution < 1.29 is 4.42 Å². The molecule has 11 aromatic rings. The van der Waals surface area contributed by atoms with Gasteiger partial charge in [0.1, 0.15) is 11.2 Å². The Morgan fingerprint density at radius 1 is 0.346 bits per heavy atom. The molecule has 0 unspecified atom stereocenters. The van der Waals surface area contributed by atoms with Gasteiger partial charge < -0.3 is 8.98 Å². The first-order valence-corrected chi connectivity index (χ1v) is 17.9. The van der Waals surface area contributed by atoms with Crippen LogP contribution in [0.3, 0.4) is 0 Å². The molecule has 0 saturated heterocycles. The number of aromatic nitrogens is 1. The Morgan fingerprint density at radius 2 is 0.923 bits per heavy atom. The zero-order valence-electron chi connectivity index (χ0n) is 28.3. The van der Waals surface area contributed by atoms with Gasteiger partial charge in [-0.25, -0.2) is 0 Å². The van der Waals surface area contributed by atoms with Crippen LogP contribution in [-0.2, 0) is 0 Å². The summed E-state index contributed by atoms with van der Waals surface area (Å²) in [6, 6.07) is 68.0. The van der Waals surface area contributed by atoms with Gasteiger partial charge in [0.15, 0.2) is 0 Å². The summed E-state index contributed by atoms with van der Waals surface area (Å²) in [6.07, 6.45) is 0. The summed E-state index contributed by atoms with van der Waals surface area (Å²) in [6.45, 7) is 0. The molecule has 2 aromatic heterocycles. The van der Waals surface area contributed by atoms with Crippen LogP contribution in [0.15, 0.2) is 192 Å². The number of nitrogens with zero attached hydrogens (tertiary/aromatic N) is 1. The molecule has 2 nitrogen and oxygen atoms in total. The van der Waals surface area contributed by atoms with E-state index in [4.69, 9.17) is 4.42 Å². The number of benzene rings is 9. The van der Waals surface area contributed by atoms with Crippen molar-refractivity contribution in [3.63, 3.8) is 0 Å². The van der Waals surface area contributed by atoms with Crippen molar-refractivity contribution in [1.82, 2.24) is 4.57 Å². The Bertz CT molecular complexity index is 3170. The van der Waals surface area contributed by atoms with Crippen LogP contribution >= 0.6 is 0 Å². The van der Waals surface area contributed by atoms with Crippen LogP contribution in [0.2, 0.25) is 0 Å². The van der Waals surface area contributed by atoms with Crippen molar-refractivity contribution in [3.05, 3.63) is 188 Å². The monoisotopic (exact) mass is 661 g/mol. The van der Waals surface area contributed by atoms with Crippen LogP contribution in [0.4, 0.5) is 0 Å². The number of rotatable bonds is 4. The van der Waals surface area contributed by atoms with Gasteiger partial charge in [-0.15, -0.1) is 0 Å². The Balaban J connectivity index is 1.25. The molecular formula is C50H31NO. The highest BCUT2D eigenvalue weighted by molar-refractivity contribution is 6.24. The van der Waals surface area contributed by atoms with E-state index in [0.717, 1.165) is 38.8 Å². The lowest BCUT2D eigenvalue weighted by Crippen LogP contribution is -1.99. The minimum absolute atomic E-state index is 0.912. The van der Waals surface area contributed by atoms with E-state index in [2.05, 4.69) is 187 Å². The quantitative estimate of drug-likeness (QED) is 0.172. The topological polar surface area (TPSA) is 18.1 Å². The van der Waals surface area contributed by atoms with Crippen LogP contribution in [0.25, 0.3) is 104 Å². The lowest BCUT2D eigenvalue weighted by atomic mass is 9.85. The van der Waals surface area contributed by atoms with Crippen molar-refractivity contribution in [2.45, 2.75) is 0 Å². The molecule has 2 heterocycles. The number of furan rings is 1. The predicted octanol–water partition coefficient (Wildman–Crippen LogP) is 14.0. The van der Waals surface area contributed by atoms with Crippen molar-refractivity contribution in [2.24, 2.45) is 0 Å². The van der Waals surface area contributed by atoms with E-state index in [1.807, 2.05) is 6.07 Å². The molecule has 11 rings (SSSR count). The Hall–Kier alpha value is -6.90. The van der Waals surface area contributed by atoms with Crippen LogP contribution in [0, 0.1) is 0 Å². The van der Waals surface area contributed by atoms with E-state index in [9.17, 15) is 0 Å². The van der Waals surface area contributed by atoms with Crippen LogP contribution in [-0.4, -0.2) is 4.57 Å². The van der Waals surface area contributed by atoms with Crippen molar-refractivity contribution in [3.8, 4) is 39.1 Å². The molecule has 9 aromatic carbocycles. The molecule has 0 aliphatic heterocycles. The highest BCUT2D eigenvalue weighted by Crippen LogP contribution is 2.47. The molecule has 0 N–H and O–H groups in total. The Kier molecular flexibility index (Phi) is 6.28. The number of hydrogen-bond acceptors (Lipinski definition) is 1. The molecule has 0 bridgehead atoms. The van der Waals surface area contributed by atoms with Gasteiger partial charge in [0, 0.05) is 32.5 Å². The second-order valence-electron chi connectivity index (χ2n) is 13.6. The minimum atomic E-state index is 0.912. The summed E-state index contributed by atoms with van der Waals surface area (Å²) in [4.78, 5) is 0. The summed E-state index contributed by atoms with van der Waals surface area (Å²) in [5, 5.41) is 9.69. The predicted molar refractivity (Wildman–Crippen MR) is 219 cm³/mol. The zero-order valence-corrected chi connectivity index (χ0v) is 28.3. The van der Waals surface area contributed by atoms with Gasteiger partial charge in [-0.05, 0) is 74.3 Å². The van der Waals surface area contributed by atoms with Crippen molar-refractivity contribution >= 4 is 65.3 Å². The standard InChI is InChI=1S/C50H31NO/c1-3-15-32(16-4-1)47-38-21-7-8-22-39(38)48(33-17-5-2-6-18-33)49-41(47)25-14-27-45(49)51-43-26-11-9-19-36(43)42-31-34(29-30-44(42)51)35-23-13-24-40-37-20-10-12-28-46(37)52-50(35)40/h1-31H. The molecular weight excluding hydrogens is 631 g/mol. The molecule has 0 saturated carbocycles. The second kappa shape index (κ2) is 11.3. The normalized spacial score (nSPS) is 11.8. The number of hydrogen-bond donors (Lipinski definition) is 0. The molecule has 0 aliphatic rings. The fourth-order valence-electron chi connectivity index (χ4n) is 8.59. The third-order valence-electron chi connectivity index (χ3n) is 10.8. The highest BCUT2D eigenvalue weighted by Gasteiger charge is 2.22. The molecule has 0 fully saturated rings. The maximum atomic E-state index is 6.49. The third-order valence-corrected chi connectivity index (χ3v) is 10.8. The van der Waals surface area contributed by atoms with Crippen molar-refractivity contribution in [2.75, 3.05) is 0 Å². The van der Waals surface area contributed by atoms with Gasteiger partial charge in [0.25, 0.3) is 0 Å². The maximum Gasteiger partial charge on any atom is 0.143 e. The summed E-state index contributed by atoms with van der Waals surface area (Å²) in [5.41, 5.74) is 12.5. The molecule has 0 atom stereocenters. The molecule has 52 heavy (non-hydrogen) atoms. The smallest absolute Gasteiger partial charge is 0.143 e. The molecule has 242 valence electrons. The van der Waals surface area contributed by atoms with Gasteiger partial charge in [0.05, 0.1) is 16.7 Å². The van der Waals surface area contributed by atoms with Gasteiger partial charge in [0.2, 0.25) is 0 Å². The minimum Gasteiger partial charge on any atom is -0.455 e. The Morgan fingerprint density at radius 3 is 1.71 bits per heavy atom. The fraction of sp³-hybridized carbons (Fsp3) is 0. The fourth-order valence-corrected chi connectivity index (χ4v) is 8.59. The summed E-state index contributed by atoms with van der Waals surface area (Å²) in [5.74, 6) is 0. The van der Waals surface area contributed by atoms with Crippen LogP contribution < -0.4 is 0 Å². The highest BCUT2D eigenvalue weighted by atomic mass is 16.3. The molecule has 0 amide bonds. The van der Waals surface area contributed by atoms with E-state index in [0.29, 0.717) is 0 Å². The Labute approximate surface area is 300 Å². The maximum absolute atomic E-state index is 6.49. The molecule has 0 spiro atoms. The van der Waals surface area contributed by atoms with E-state index >= 15 is 0 Å². The third kappa shape index (κ3) is 4.19. The van der Waals surface area contributed by atoms with Crippen molar-refractivity contribution in [1.29, 1.82) is 0 Å². The first-order chi connectivity index (χ1) is 25.8. The first kappa shape index (κ1) is 28.9. The molecule has 0 radical (unpaired) electrons. The first-order valence-electron chi connectivity index (χ1n) is 17.9. The van der Waals surface area contributed by atoms with Crippen LogP contribution in [0.1, 0.15) is 0 Å².